The Morgan fingerprint density at radius 1 is 0.220 bits per heavy atom. The molecule has 0 N–H and O–H groups in total. The van der Waals surface area contributed by atoms with Crippen LogP contribution >= 0.6 is 0 Å². The van der Waals surface area contributed by atoms with Crippen molar-refractivity contribution in [1.82, 2.24) is 18.3 Å². The second-order valence-corrected chi connectivity index (χ2v) is 23.3. The smallest absolute Gasteiger partial charge is 0.0514 e. The van der Waals surface area contributed by atoms with Crippen LogP contribution < -0.4 is 9.80 Å². The molecule has 422 valence electrons. The number of nitrogens with zero attached hydrogens (tertiary/aromatic N) is 6. The highest BCUT2D eigenvalue weighted by atomic mass is 15.1. The van der Waals surface area contributed by atoms with E-state index in [4.69, 9.17) is 0 Å². The third-order valence-corrected chi connectivity index (χ3v) is 18.5. The maximum atomic E-state index is 2.51. The van der Waals surface area contributed by atoms with Crippen LogP contribution in [0.5, 0.6) is 0 Å². The van der Waals surface area contributed by atoms with Crippen LogP contribution in [-0.2, 0) is 26.2 Å². The SMILES string of the molecule is CCCn1c(C)c(C)c(C)c1-c1ccc(N(c2ccc(-c3ccc(N(c4ccc(-c5c(C)c(C)c(C)n5CCC)cc4)c4ccc(-c5c(C)c(C)c(C)n5CCC)cc4)cc3)cc2)c2ccc(-c3c(C)c(C)c(C)n3CCC)cc2)cc1. The fraction of sp³-hybridized carbons (Fsp3) is 0.316. The molecule has 10 rings (SSSR count). The van der Waals surface area contributed by atoms with E-state index in [1.54, 1.807) is 0 Å². The lowest BCUT2D eigenvalue weighted by Crippen LogP contribution is -2.10. The van der Waals surface area contributed by atoms with Gasteiger partial charge in [0.15, 0.2) is 0 Å². The minimum atomic E-state index is 1.01. The molecule has 6 aromatic carbocycles. The first kappa shape index (κ1) is 57.3. The van der Waals surface area contributed by atoms with Crippen LogP contribution in [0.3, 0.4) is 0 Å². The Balaban J connectivity index is 1.01. The van der Waals surface area contributed by atoms with E-state index in [-0.39, 0.29) is 0 Å². The average Bonchev–Trinajstić information content (AvgIpc) is 4.09. The number of aromatic nitrogens is 4. The summed E-state index contributed by atoms with van der Waals surface area (Å²) < 4.78 is 10.1. The first-order valence-corrected chi connectivity index (χ1v) is 30.4. The fourth-order valence-electron chi connectivity index (χ4n) is 13.2. The molecule has 0 saturated heterocycles. The summed E-state index contributed by atoms with van der Waals surface area (Å²) in [6.45, 7) is 40.3. The number of anilines is 6. The van der Waals surface area contributed by atoms with Gasteiger partial charge >= 0.3 is 0 Å². The van der Waals surface area contributed by atoms with Crippen molar-refractivity contribution in [3.63, 3.8) is 0 Å². The second-order valence-electron chi connectivity index (χ2n) is 23.3. The quantitative estimate of drug-likeness (QED) is 0.0807. The third-order valence-electron chi connectivity index (χ3n) is 18.5. The van der Waals surface area contributed by atoms with Crippen LogP contribution in [0.4, 0.5) is 34.1 Å². The topological polar surface area (TPSA) is 26.2 Å². The zero-order valence-electron chi connectivity index (χ0n) is 52.2. The summed E-state index contributed by atoms with van der Waals surface area (Å²) >= 11 is 0. The van der Waals surface area contributed by atoms with E-state index >= 15 is 0 Å². The van der Waals surface area contributed by atoms with Gasteiger partial charge in [0.2, 0.25) is 0 Å². The molecule has 0 saturated carbocycles. The normalized spacial score (nSPS) is 11.6. The molecule has 6 heteroatoms. The lowest BCUT2D eigenvalue weighted by atomic mass is 10.0. The Morgan fingerprint density at radius 3 is 0.537 bits per heavy atom. The van der Waals surface area contributed by atoms with E-state index in [0.717, 1.165) is 86.0 Å². The molecule has 0 aliphatic rings. The highest BCUT2D eigenvalue weighted by molar-refractivity contribution is 5.84. The summed E-state index contributed by atoms with van der Waals surface area (Å²) in [6.07, 6.45) is 4.37. The number of rotatable bonds is 19. The van der Waals surface area contributed by atoms with Crippen LogP contribution in [0.2, 0.25) is 0 Å². The maximum Gasteiger partial charge on any atom is 0.0514 e. The molecular formula is C76H88N6. The highest BCUT2D eigenvalue weighted by Gasteiger charge is 2.23. The molecule has 0 aliphatic heterocycles. The lowest BCUT2D eigenvalue weighted by Gasteiger charge is -2.27. The van der Waals surface area contributed by atoms with Crippen LogP contribution in [0.25, 0.3) is 56.2 Å². The zero-order valence-corrected chi connectivity index (χ0v) is 52.2. The van der Waals surface area contributed by atoms with Crippen LogP contribution in [0, 0.1) is 83.1 Å². The van der Waals surface area contributed by atoms with E-state index in [1.807, 2.05) is 0 Å². The van der Waals surface area contributed by atoms with E-state index in [9.17, 15) is 0 Å². The van der Waals surface area contributed by atoms with E-state index < -0.39 is 0 Å². The van der Waals surface area contributed by atoms with Gasteiger partial charge in [0, 0.05) is 83.1 Å². The van der Waals surface area contributed by atoms with Gasteiger partial charge in [0.1, 0.15) is 0 Å². The minimum Gasteiger partial charge on any atom is -0.344 e. The highest BCUT2D eigenvalue weighted by Crippen LogP contribution is 2.43. The van der Waals surface area contributed by atoms with Crippen molar-refractivity contribution in [2.75, 3.05) is 9.80 Å². The van der Waals surface area contributed by atoms with Gasteiger partial charge in [-0.25, -0.2) is 0 Å². The average molecular weight is 1090 g/mol. The molecule has 0 aliphatic carbocycles. The van der Waals surface area contributed by atoms with Crippen molar-refractivity contribution in [1.29, 1.82) is 0 Å². The predicted molar refractivity (Wildman–Crippen MR) is 353 cm³/mol. The Labute approximate surface area is 491 Å². The van der Waals surface area contributed by atoms with Gasteiger partial charge in [0.25, 0.3) is 0 Å². The lowest BCUT2D eigenvalue weighted by molar-refractivity contribution is 0.670. The molecule has 0 amide bonds. The molecular weight excluding hydrogens is 997 g/mol. The van der Waals surface area contributed by atoms with Crippen LogP contribution in [0.1, 0.15) is 121 Å². The predicted octanol–water partition coefficient (Wildman–Crippen LogP) is 21.5. The maximum absolute atomic E-state index is 2.51. The van der Waals surface area contributed by atoms with Gasteiger partial charge < -0.3 is 28.1 Å². The fourth-order valence-corrected chi connectivity index (χ4v) is 13.2. The van der Waals surface area contributed by atoms with Crippen molar-refractivity contribution >= 4 is 34.1 Å². The second kappa shape index (κ2) is 23.9. The summed E-state index contributed by atoms with van der Waals surface area (Å²) in [5.41, 5.74) is 35.8. The van der Waals surface area contributed by atoms with Gasteiger partial charge in [-0.15, -0.1) is 0 Å². The Bertz CT molecular complexity index is 3400. The summed E-state index contributed by atoms with van der Waals surface area (Å²) in [4.78, 5) is 4.82. The van der Waals surface area contributed by atoms with Gasteiger partial charge in [-0.2, -0.15) is 0 Å². The molecule has 82 heavy (non-hydrogen) atoms. The number of hydrogen-bond donors (Lipinski definition) is 0. The van der Waals surface area contributed by atoms with E-state index in [2.05, 4.69) is 284 Å². The van der Waals surface area contributed by atoms with Crippen molar-refractivity contribution in [3.05, 3.63) is 213 Å². The summed E-state index contributed by atoms with van der Waals surface area (Å²) in [6, 6.07) is 55.3. The van der Waals surface area contributed by atoms with Crippen LogP contribution in [-0.4, -0.2) is 18.3 Å². The molecule has 0 spiro atoms. The summed E-state index contributed by atoms with van der Waals surface area (Å²) in [5, 5.41) is 0. The Hall–Kier alpha value is -7.96. The molecule has 0 fully saturated rings. The van der Waals surface area contributed by atoms with E-state index in [1.165, 1.54) is 123 Å². The third kappa shape index (κ3) is 10.3. The molecule has 0 radical (unpaired) electrons. The van der Waals surface area contributed by atoms with Gasteiger partial charge in [-0.05, 0) is 259 Å². The van der Waals surface area contributed by atoms with Crippen LogP contribution in [0.15, 0.2) is 146 Å². The first-order chi connectivity index (χ1) is 39.5. The van der Waals surface area contributed by atoms with Gasteiger partial charge in [-0.1, -0.05) is 100 Å². The first-order valence-electron chi connectivity index (χ1n) is 30.4. The van der Waals surface area contributed by atoms with Crippen molar-refractivity contribution < 1.29 is 0 Å². The standard InChI is InChI=1S/C76H88N6/c1-17-45-77-57(13)49(5)53(9)73(77)63-25-37-69(38-26-63)81(70-39-27-64(28-40-70)74-54(10)50(6)58(14)78(74)46-18-2)67-33-21-61(22-34-67)62-23-35-68(36-24-62)82(71-41-29-65(30-42-71)75-55(11)51(7)59(15)79(75)47-19-3)72-43-31-66(32-44-72)76-56(12)52(8)60(16)80(76)48-20-4/h21-44H,17-20,45-48H2,1-16H3. The molecule has 0 atom stereocenters. The summed E-state index contributed by atoms with van der Waals surface area (Å²) in [5.74, 6) is 0. The number of hydrogen-bond acceptors (Lipinski definition) is 2. The summed E-state index contributed by atoms with van der Waals surface area (Å²) in [7, 11) is 0. The molecule has 0 bridgehead atoms. The van der Waals surface area contributed by atoms with Crippen molar-refractivity contribution in [2.24, 2.45) is 0 Å². The molecule has 6 nitrogen and oxygen atoms in total. The number of benzene rings is 6. The van der Waals surface area contributed by atoms with E-state index in [0.29, 0.717) is 0 Å². The monoisotopic (exact) mass is 1080 g/mol. The molecule has 4 heterocycles. The zero-order chi connectivity index (χ0) is 58.3. The Kier molecular flexibility index (Phi) is 16.7. The van der Waals surface area contributed by atoms with Crippen molar-refractivity contribution in [2.45, 2.75) is 163 Å². The van der Waals surface area contributed by atoms with Crippen molar-refractivity contribution in [3.8, 4) is 56.2 Å². The minimum absolute atomic E-state index is 1.01. The van der Waals surface area contributed by atoms with Gasteiger partial charge in [-0.3, -0.25) is 0 Å². The largest absolute Gasteiger partial charge is 0.344 e. The molecule has 4 aromatic heterocycles. The molecule has 10 aromatic rings. The Morgan fingerprint density at radius 2 is 0.378 bits per heavy atom. The van der Waals surface area contributed by atoms with Gasteiger partial charge in [0.05, 0.1) is 22.8 Å². The molecule has 0 unspecified atom stereocenters.